The predicted octanol–water partition coefficient (Wildman–Crippen LogP) is 1.04. The highest BCUT2D eigenvalue weighted by Gasteiger charge is 2.15. The highest BCUT2D eigenvalue weighted by atomic mass is 16.3. The molecule has 1 aromatic rings. The molecule has 5 heteroatoms. The van der Waals surface area contributed by atoms with Crippen LogP contribution in [0, 0.1) is 5.92 Å². The van der Waals surface area contributed by atoms with Crippen LogP contribution >= 0.6 is 0 Å². The maximum absolute atomic E-state index is 12.1. The van der Waals surface area contributed by atoms with Gasteiger partial charge in [0.2, 0.25) is 5.91 Å². The van der Waals surface area contributed by atoms with Gasteiger partial charge >= 0.3 is 0 Å². The standard InChI is InChI=1S/C17H24N2O3/c1-11(2)15(20)9-18-16(21)10-19-17(22)14-7-6-12-4-3-5-13(12)8-14/h6-8,11,15,20H,3-5,9-10H2,1-2H3,(H,18,21)(H,19,22). The molecule has 120 valence electrons. The van der Waals surface area contributed by atoms with Gasteiger partial charge in [-0.3, -0.25) is 9.59 Å². The van der Waals surface area contributed by atoms with Crippen LogP contribution in [0.4, 0.5) is 0 Å². The number of nitrogens with one attached hydrogen (secondary N) is 2. The summed E-state index contributed by atoms with van der Waals surface area (Å²) in [4.78, 5) is 23.7. The molecule has 0 bridgehead atoms. The third-order valence-electron chi connectivity index (χ3n) is 4.05. The maximum atomic E-state index is 12.1. The number of fused-ring (bicyclic) bond motifs is 1. The third kappa shape index (κ3) is 4.31. The fourth-order valence-electron chi connectivity index (χ4n) is 2.49. The molecular formula is C17H24N2O3. The van der Waals surface area contributed by atoms with Gasteiger partial charge in [0.25, 0.3) is 5.91 Å². The molecular weight excluding hydrogens is 280 g/mol. The molecule has 3 N–H and O–H groups in total. The van der Waals surface area contributed by atoms with E-state index in [1.54, 1.807) is 6.07 Å². The van der Waals surface area contributed by atoms with E-state index in [2.05, 4.69) is 10.6 Å². The minimum atomic E-state index is -0.573. The van der Waals surface area contributed by atoms with Crippen LogP contribution in [0.1, 0.15) is 41.8 Å². The molecule has 22 heavy (non-hydrogen) atoms. The summed E-state index contributed by atoms with van der Waals surface area (Å²) in [6, 6.07) is 5.72. The SMILES string of the molecule is CC(C)C(O)CNC(=O)CNC(=O)c1ccc2c(c1)CCC2. The van der Waals surface area contributed by atoms with E-state index in [9.17, 15) is 14.7 Å². The number of aryl methyl sites for hydroxylation is 2. The molecule has 1 unspecified atom stereocenters. The summed E-state index contributed by atoms with van der Waals surface area (Å²) < 4.78 is 0. The van der Waals surface area contributed by atoms with Crippen LogP contribution in [0.15, 0.2) is 18.2 Å². The van der Waals surface area contributed by atoms with Crippen molar-refractivity contribution in [1.29, 1.82) is 0 Å². The summed E-state index contributed by atoms with van der Waals surface area (Å²) in [5.41, 5.74) is 3.14. The predicted molar refractivity (Wildman–Crippen MR) is 84.7 cm³/mol. The first-order valence-corrected chi connectivity index (χ1v) is 7.82. The molecule has 0 saturated heterocycles. The summed E-state index contributed by atoms with van der Waals surface area (Å²) in [5.74, 6) is -0.454. The Labute approximate surface area is 131 Å². The van der Waals surface area contributed by atoms with Crippen molar-refractivity contribution >= 4 is 11.8 Å². The average Bonchev–Trinajstić information content (AvgIpc) is 2.97. The maximum Gasteiger partial charge on any atom is 0.251 e. The molecule has 1 aromatic carbocycles. The van der Waals surface area contributed by atoms with E-state index in [0.717, 1.165) is 19.3 Å². The van der Waals surface area contributed by atoms with Crippen LogP contribution in [0.3, 0.4) is 0 Å². The van der Waals surface area contributed by atoms with Crippen molar-refractivity contribution in [2.45, 2.75) is 39.2 Å². The zero-order valence-corrected chi connectivity index (χ0v) is 13.2. The number of benzene rings is 1. The van der Waals surface area contributed by atoms with Crippen LogP contribution in [0.25, 0.3) is 0 Å². The van der Waals surface area contributed by atoms with Crippen LogP contribution in [0.5, 0.6) is 0 Å². The van der Waals surface area contributed by atoms with E-state index in [0.29, 0.717) is 5.56 Å². The minimum Gasteiger partial charge on any atom is -0.391 e. The van der Waals surface area contributed by atoms with Crippen molar-refractivity contribution in [1.82, 2.24) is 10.6 Å². The second-order valence-corrected chi connectivity index (χ2v) is 6.14. The monoisotopic (exact) mass is 304 g/mol. The van der Waals surface area contributed by atoms with Crippen molar-refractivity contribution in [3.8, 4) is 0 Å². The van der Waals surface area contributed by atoms with Crippen LogP contribution in [-0.2, 0) is 17.6 Å². The Morgan fingerprint density at radius 2 is 1.91 bits per heavy atom. The normalized spacial score (nSPS) is 14.5. The van der Waals surface area contributed by atoms with Gasteiger partial charge in [-0.1, -0.05) is 19.9 Å². The Morgan fingerprint density at radius 3 is 2.64 bits per heavy atom. The Kier molecular flexibility index (Phi) is 5.55. The fourth-order valence-corrected chi connectivity index (χ4v) is 2.49. The molecule has 0 spiro atoms. The first-order chi connectivity index (χ1) is 10.5. The Balaban J connectivity index is 1.79. The van der Waals surface area contributed by atoms with E-state index >= 15 is 0 Å². The molecule has 0 aromatic heterocycles. The van der Waals surface area contributed by atoms with Gasteiger partial charge in [0.05, 0.1) is 12.6 Å². The van der Waals surface area contributed by atoms with Gasteiger partial charge in [0.15, 0.2) is 0 Å². The number of aliphatic hydroxyl groups is 1. The van der Waals surface area contributed by atoms with Gasteiger partial charge in [-0.2, -0.15) is 0 Å². The van der Waals surface area contributed by atoms with Gasteiger partial charge in [0.1, 0.15) is 0 Å². The van der Waals surface area contributed by atoms with Crippen LogP contribution < -0.4 is 10.6 Å². The lowest BCUT2D eigenvalue weighted by Crippen LogP contribution is -2.41. The molecule has 1 aliphatic rings. The number of carbonyl (C=O) groups excluding carboxylic acids is 2. The second-order valence-electron chi connectivity index (χ2n) is 6.14. The van der Waals surface area contributed by atoms with Gasteiger partial charge in [-0.05, 0) is 48.4 Å². The Bertz CT molecular complexity index is 555. The topological polar surface area (TPSA) is 78.4 Å². The van der Waals surface area contributed by atoms with Gasteiger partial charge in [0, 0.05) is 12.1 Å². The van der Waals surface area contributed by atoms with E-state index in [4.69, 9.17) is 0 Å². The van der Waals surface area contributed by atoms with Gasteiger partial charge < -0.3 is 15.7 Å². The molecule has 2 rings (SSSR count). The van der Waals surface area contributed by atoms with E-state index in [-0.39, 0.29) is 30.8 Å². The van der Waals surface area contributed by atoms with E-state index < -0.39 is 6.10 Å². The summed E-state index contributed by atoms with van der Waals surface area (Å²) in [6.07, 6.45) is 2.67. The summed E-state index contributed by atoms with van der Waals surface area (Å²) in [5, 5.41) is 14.8. The van der Waals surface area contributed by atoms with Crippen molar-refractivity contribution in [3.63, 3.8) is 0 Å². The molecule has 2 amide bonds. The Morgan fingerprint density at radius 1 is 1.18 bits per heavy atom. The first-order valence-electron chi connectivity index (χ1n) is 7.82. The summed E-state index contributed by atoms with van der Waals surface area (Å²) >= 11 is 0. The largest absolute Gasteiger partial charge is 0.391 e. The molecule has 0 saturated carbocycles. The quantitative estimate of drug-likeness (QED) is 0.735. The van der Waals surface area contributed by atoms with Crippen molar-refractivity contribution in [3.05, 3.63) is 34.9 Å². The summed E-state index contributed by atoms with van der Waals surface area (Å²) in [7, 11) is 0. The van der Waals surface area contributed by atoms with Crippen molar-refractivity contribution < 1.29 is 14.7 Å². The number of amides is 2. The molecule has 0 aliphatic heterocycles. The van der Waals surface area contributed by atoms with Crippen molar-refractivity contribution in [2.75, 3.05) is 13.1 Å². The van der Waals surface area contributed by atoms with Crippen LogP contribution in [0.2, 0.25) is 0 Å². The van der Waals surface area contributed by atoms with E-state index in [1.165, 1.54) is 11.1 Å². The lowest BCUT2D eigenvalue weighted by molar-refractivity contribution is -0.120. The molecule has 0 fully saturated rings. The lowest BCUT2D eigenvalue weighted by Gasteiger charge is -2.15. The number of carbonyl (C=O) groups is 2. The first kappa shape index (κ1) is 16.5. The highest BCUT2D eigenvalue weighted by molar-refractivity contribution is 5.96. The third-order valence-corrected chi connectivity index (χ3v) is 4.05. The van der Waals surface area contributed by atoms with Gasteiger partial charge in [-0.15, -0.1) is 0 Å². The molecule has 0 radical (unpaired) electrons. The lowest BCUT2D eigenvalue weighted by atomic mass is 10.1. The average molecular weight is 304 g/mol. The molecule has 1 aliphatic carbocycles. The van der Waals surface area contributed by atoms with Crippen molar-refractivity contribution in [2.24, 2.45) is 5.92 Å². The number of hydrogen-bond acceptors (Lipinski definition) is 3. The highest BCUT2D eigenvalue weighted by Crippen LogP contribution is 2.22. The zero-order valence-electron chi connectivity index (χ0n) is 13.2. The Hall–Kier alpha value is -1.88. The molecule has 1 atom stereocenters. The zero-order chi connectivity index (χ0) is 16.1. The smallest absolute Gasteiger partial charge is 0.251 e. The number of hydrogen-bond donors (Lipinski definition) is 3. The fraction of sp³-hybridized carbons (Fsp3) is 0.529. The van der Waals surface area contributed by atoms with Crippen LogP contribution in [-0.4, -0.2) is 36.1 Å². The van der Waals surface area contributed by atoms with Gasteiger partial charge in [-0.25, -0.2) is 0 Å². The second kappa shape index (κ2) is 7.40. The molecule has 0 heterocycles. The molecule has 5 nitrogen and oxygen atoms in total. The number of rotatable bonds is 6. The van der Waals surface area contributed by atoms with E-state index in [1.807, 2.05) is 26.0 Å². The number of aliphatic hydroxyl groups excluding tert-OH is 1. The minimum absolute atomic E-state index is 0.0826. The summed E-state index contributed by atoms with van der Waals surface area (Å²) in [6.45, 7) is 3.88.